The molecule has 5 rings (SSSR count). The minimum Gasteiger partial charge on any atom is -0.482 e. The average Bonchev–Trinajstić information content (AvgIpc) is 3.04. The van der Waals surface area contributed by atoms with Gasteiger partial charge in [-0.15, -0.1) is 10.2 Å². The maximum atomic E-state index is 12.6. The predicted octanol–water partition coefficient (Wildman–Crippen LogP) is 3.04. The van der Waals surface area contributed by atoms with Gasteiger partial charge in [0.15, 0.2) is 12.4 Å². The number of aromatic nitrogens is 3. The zero-order chi connectivity index (χ0) is 21.2. The maximum absolute atomic E-state index is 12.6. The van der Waals surface area contributed by atoms with Crippen molar-refractivity contribution < 1.29 is 14.3 Å². The van der Waals surface area contributed by atoms with Crippen LogP contribution in [0.25, 0.3) is 11.4 Å². The molecule has 0 saturated heterocycles. The highest BCUT2D eigenvalue weighted by Gasteiger charge is 2.27. The van der Waals surface area contributed by atoms with E-state index >= 15 is 0 Å². The van der Waals surface area contributed by atoms with Gasteiger partial charge in [-0.2, -0.15) is 0 Å². The Morgan fingerprint density at radius 3 is 2.74 bits per heavy atom. The molecule has 0 radical (unpaired) electrons. The Morgan fingerprint density at radius 1 is 1.03 bits per heavy atom. The van der Waals surface area contributed by atoms with E-state index in [2.05, 4.69) is 20.1 Å². The van der Waals surface area contributed by atoms with E-state index in [4.69, 9.17) is 4.74 Å². The van der Waals surface area contributed by atoms with Crippen molar-refractivity contribution in [3.63, 3.8) is 0 Å². The number of anilines is 2. The highest BCUT2D eigenvalue weighted by Crippen LogP contribution is 2.31. The molecule has 3 aromatic rings. The molecule has 0 bridgehead atoms. The Morgan fingerprint density at radius 2 is 1.87 bits per heavy atom. The van der Waals surface area contributed by atoms with Crippen molar-refractivity contribution in [2.45, 2.75) is 32.2 Å². The molecule has 0 saturated carbocycles. The van der Waals surface area contributed by atoms with Gasteiger partial charge < -0.3 is 14.6 Å². The summed E-state index contributed by atoms with van der Waals surface area (Å²) in [5, 5.41) is 11.6. The van der Waals surface area contributed by atoms with Crippen LogP contribution in [0.4, 0.5) is 11.4 Å². The van der Waals surface area contributed by atoms with Gasteiger partial charge in [0.25, 0.3) is 5.91 Å². The summed E-state index contributed by atoms with van der Waals surface area (Å²) in [6, 6.07) is 14.8. The topological polar surface area (TPSA) is 89.3 Å². The van der Waals surface area contributed by atoms with Crippen molar-refractivity contribution >= 4 is 23.2 Å². The van der Waals surface area contributed by atoms with Gasteiger partial charge in [-0.3, -0.25) is 14.5 Å². The molecule has 0 atom stereocenters. The quantitative estimate of drug-likeness (QED) is 0.705. The van der Waals surface area contributed by atoms with E-state index in [1.807, 2.05) is 36.4 Å². The first-order chi connectivity index (χ1) is 15.2. The zero-order valence-electron chi connectivity index (χ0n) is 17.1. The summed E-state index contributed by atoms with van der Waals surface area (Å²) in [5.41, 5.74) is 2.24. The molecule has 0 unspecified atom stereocenters. The molecule has 2 aliphatic rings. The lowest BCUT2D eigenvalue weighted by Crippen LogP contribution is -2.43. The number of nitrogens with zero attached hydrogens (tertiary/aromatic N) is 4. The summed E-state index contributed by atoms with van der Waals surface area (Å²) < 4.78 is 7.62. The van der Waals surface area contributed by atoms with Crippen LogP contribution in [0.15, 0.2) is 48.5 Å². The molecule has 8 heteroatoms. The minimum absolute atomic E-state index is 0.0678. The van der Waals surface area contributed by atoms with Crippen LogP contribution >= 0.6 is 0 Å². The summed E-state index contributed by atoms with van der Waals surface area (Å²) >= 11 is 0. The van der Waals surface area contributed by atoms with E-state index in [-0.39, 0.29) is 25.0 Å². The molecule has 0 aliphatic carbocycles. The number of rotatable bonds is 4. The molecule has 0 spiro atoms. The van der Waals surface area contributed by atoms with E-state index in [1.165, 1.54) is 11.3 Å². The number of ether oxygens (including phenoxy) is 1. The number of aryl methyl sites for hydroxylation is 1. The number of fused-ring (bicyclic) bond motifs is 2. The van der Waals surface area contributed by atoms with Gasteiger partial charge in [-0.1, -0.05) is 18.6 Å². The Kier molecular flexibility index (Phi) is 5.11. The Hall–Kier alpha value is -3.68. The standard InChI is InChI=1S/C23H23N5O3/c29-21(14-28-18-6-3-4-7-19(18)31-15-22(28)30)24-17-11-9-16(10-12-17)23-26-25-20-8-2-1-5-13-27(20)23/h3-4,6-7,9-12H,1-2,5,8,13-15H2,(H,24,29). The van der Waals surface area contributed by atoms with Crippen LogP contribution in [0.1, 0.15) is 25.1 Å². The third kappa shape index (κ3) is 3.88. The van der Waals surface area contributed by atoms with E-state index < -0.39 is 0 Å². The normalized spacial score (nSPS) is 15.5. The van der Waals surface area contributed by atoms with Crippen LogP contribution in [0.3, 0.4) is 0 Å². The second-order valence-electron chi connectivity index (χ2n) is 7.76. The van der Waals surface area contributed by atoms with Crippen molar-refractivity contribution in [3.05, 3.63) is 54.4 Å². The van der Waals surface area contributed by atoms with E-state index in [0.29, 0.717) is 17.1 Å². The van der Waals surface area contributed by atoms with Crippen LogP contribution < -0.4 is 15.0 Å². The maximum Gasteiger partial charge on any atom is 0.265 e. The lowest BCUT2D eigenvalue weighted by atomic mass is 10.2. The summed E-state index contributed by atoms with van der Waals surface area (Å²) in [5.74, 6) is 2.00. The zero-order valence-corrected chi connectivity index (χ0v) is 17.1. The second kappa shape index (κ2) is 8.22. The number of hydrogen-bond acceptors (Lipinski definition) is 5. The van der Waals surface area contributed by atoms with Crippen molar-refractivity contribution in [2.75, 3.05) is 23.4 Å². The number of carbonyl (C=O) groups excluding carboxylic acids is 2. The number of nitrogens with one attached hydrogen (secondary N) is 1. The van der Waals surface area contributed by atoms with Gasteiger partial charge >= 0.3 is 0 Å². The highest BCUT2D eigenvalue weighted by atomic mass is 16.5. The predicted molar refractivity (Wildman–Crippen MR) is 116 cm³/mol. The minimum atomic E-state index is -0.269. The summed E-state index contributed by atoms with van der Waals surface area (Å²) in [4.78, 5) is 26.3. The summed E-state index contributed by atoms with van der Waals surface area (Å²) in [7, 11) is 0. The monoisotopic (exact) mass is 417 g/mol. The Labute approximate surface area is 179 Å². The van der Waals surface area contributed by atoms with E-state index in [1.54, 1.807) is 12.1 Å². The fraction of sp³-hybridized carbons (Fsp3) is 0.304. The molecule has 1 N–H and O–H groups in total. The lowest BCUT2D eigenvalue weighted by molar-refractivity contribution is -0.123. The second-order valence-corrected chi connectivity index (χ2v) is 7.76. The fourth-order valence-electron chi connectivity index (χ4n) is 4.07. The van der Waals surface area contributed by atoms with Gasteiger partial charge in [0.05, 0.1) is 5.69 Å². The van der Waals surface area contributed by atoms with Gasteiger partial charge in [-0.05, 0) is 49.2 Å². The summed E-state index contributed by atoms with van der Waals surface area (Å²) in [6.45, 7) is 0.797. The highest BCUT2D eigenvalue weighted by molar-refractivity contribution is 6.05. The van der Waals surface area contributed by atoms with Crippen molar-refractivity contribution in [2.24, 2.45) is 0 Å². The van der Waals surface area contributed by atoms with Crippen LogP contribution in [0, 0.1) is 0 Å². The number of carbonyl (C=O) groups is 2. The first-order valence-electron chi connectivity index (χ1n) is 10.5. The van der Waals surface area contributed by atoms with Crippen molar-refractivity contribution in [3.8, 4) is 17.1 Å². The number of benzene rings is 2. The van der Waals surface area contributed by atoms with Crippen molar-refractivity contribution in [1.82, 2.24) is 14.8 Å². The van der Waals surface area contributed by atoms with Crippen LogP contribution in [-0.2, 0) is 22.6 Å². The Balaban J connectivity index is 1.28. The SMILES string of the molecule is O=C(CN1C(=O)COc2ccccc21)Nc1ccc(-c2nnc3n2CCCCC3)cc1. The molecular weight excluding hydrogens is 394 g/mol. The van der Waals surface area contributed by atoms with E-state index in [0.717, 1.165) is 43.0 Å². The third-order valence-corrected chi connectivity index (χ3v) is 5.65. The number of hydrogen-bond donors (Lipinski definition) is 1. The first kappa shape index (κ1) is 19.3. The molecule has 2 aliphatic heterocycles. The van der Waals surface area contributed by atoms with Gasteiger partial charge in [-0.25, -0.2) is 0 Å². The van der Waals surface area contributed by atoms with E-state index in [9.17, 15) is 9.59 Å². The van der Waals surface area contributed by atoms with Crippen LogP contribution in [0.5, 0.6) is 5.75 Å². The van der Waals surface area contributed by atoms with Crippen molar-refractivity contribution in [1.29, 1.82) is 0 Å². The number of para-hydroxylation sites is 2. The smallest absolute Gasteiger partial charge is 0.265 e. The molecule has 1 aromatic heterocycles. The van der Waals surface area contributed by atoms with Crippen LogP contribution in [0.2, 0.25) is 0 Å². The van der Waals surface area contributed by atoms with Gasteiger partial charge in [0.2, 0.25) is 5.91 Å². The molecule has 2 amide bonds. The number of amides is 2. The molecule has 2 aromatic carbocycles. The van der Waals surface area contributed by atoms with Gasteiger partial charge in [0.1, 0.15) is 18.1 Å². The average molecular weight is 417 g/mol. The summed E-state index contributed by atoms with van der Waals surface area (Å²) in [6.07, 6.45) is 4.46. The molecule has 158 valence electrons. The Bertz CT molecular complexity index is 1120. The fourth-order valence-corrected chi connectivity index (χ4v) is 4.07. The lowest BCUT2D eigenvalue weighted by Gasteiger charge is -2.28. The first-order valence-corrected chi connectivity index (χ1v) is 10.5. The molecule has 31 heavy (non-hydrogen) atoms. The van der Waals surface area contributed by atoms with Gasteiger partial charge in [0, 0.05) is 24.2 Å². The third-order valence-electron chi connectivity index (χ3n) is 5.65. The largest absolute Gasteiger partial charge is 0.482 e. The van der Waals surface area contributed by atoms with Crippen LogP contribution in [-0.4, -0.2) is 39.7 Å². The molecule has 0 fully saturated rings. The molecular formula is C23H23N5O3. The molecule has 3 heterocycles. The molecule has 8 nitrogen and oxygen atoms in total.